The van der Waals surface area contributed by atoms with Crippen LogP contribution in [-0.2, 0) is 119 Å². The molecule has 128 heavy (non-hydrogen) atoms. The average Bonchev–Trinajstić information content (AvgIpc) is 1.70. The molecule has 0 saturated carbocycles. The van der Waals surface area contributed by atoms with Crippen molar-refractivity contribution in [3.63, 3.8) is 0 Å². The number of primary amides is 2. The van der Waals surface area contributed by atoms with Gasteiger partial charge in [0, 0.05) is 134 Å². The van der Waals surface area contributed by atoms with Crippen LogP contribution < -0.4 is 32.7 Å². The molecule has 2 fully saturated rings. The first-order valence-electron chi connectivity index (χ1n) is 43.8. The van der Waals surface area contributed by atoms with Crippen LogP contribution in [0.2, 0.25) is 0 Å². The highest BCUT2D eigenvalue weighted by molar-refractivity contribution is 7.52. The number of benzene rings is 4. The minimum absolute atomic E-state index is 0.0208. The van der Waals surface area contributed by atoms with Crippen molar-refractivity contribution in [1.29, 1.82) is 0 Å². The van der Waals surface area contributed by atoms with Crippen molar-refractivity contribution in [2.75, 3.05) is 51.8 Å². The van der Waals surface area contributed by atoms with Crippen molar-refractivity contribution in [1.82, 2.24) is 50.6 Å². The van der Waals surface area contributed by atoms with E-state index in [1.54, 1.807) is 42.9 Å². The molecule has 3 unspecified atom stereocenters. The summed E-state index contributed by atoms with van der Waals surface area (Å²) in [4.78, 5) is 206. The number of aliphatic hydroxyl groups is 2. The van der Waals surface area contributed by atoms with Gasteiger partial charge in [0.05, 0.1) is 80.9 Å². The van der Waals surface area contributed by atoms with Gasteiger partial charge in [0.2, 0.25) is 47.3 Å². The number of unbranched alkanes of at least 4 members (excludes halogenated alkanes) is 2. The zero-order chi connectivity index (χ0) is 93.8. The normalized spacial score (nSPS) is 18.0. The number of carbonyl (C=O) groups is 12. The van der Waals surface area contributed by atoms with Gasteiger partial charge in [-0.3, -0.25) is 66.7 Å². The van der Waals surface area contributed by atoms with Crippen LogP contribution in [-0.4, -0.2) is 225 Å². The van der Waals surface area contributed by atoms with Gasteiger partial charge in [-0.05, 0) is 97.3 Å². The van der Waals surface area contributed by atoms with E-state index in [1.807, 2.05) is 99.0 Å². The van der Waals surface area contributed by atoms with Gasteiger partial charge in [0.15, 0.2) is 23.1 Å². The molecule has 4 heterocycles. The van der Waals surface area contributed by atoms with Crippen molar-refractivity contribution in [3.8, 4) is 0 Å². The fourth-order valence-electron chi connectivity index (χ4n) is 16.1. The molecular weight excluding hydrogens is 1690 g/mol. The summed E-state index contributed by atoms with van der Waals surface area (Å²) in [6, 6.07) is 31.6. The summed E-state index contributed by atoms with van der Waals surface area (Å²) in [6.07, 6.45) is 8.31. The number of nitrogens with two attached hydrogens (primary N) is 2. The number of hydrogen-bond donors (Lipinski definition) is 12. The molecule has 0 spiro atoms. The second kappa shape index (κ2) is 52.5. The fraction of sp³-hybridized carbons (Fsp3) is 0.543. The van der Waals surface area contributed by atoms with Crippen molar-refractivity contribution in [3.05, 3.63) is 180 Å². The van der Waals surface area contributed by atoms with E-state index in [9.17, 15) is 91.6 Å². The lowest BCUT2D eigenvalue weighted by Gasteiger charge is -2.27. The number of nitrogens with one attached hydrogen (secondary N) is 5. The van der Waals surface area contributed by atoms with Crippen LogP contribution in [0.4, 0.5) is 0 Å². The minimum atomic E-state index is -4.58. The Morgan fingerprint density at radius 2 is 0.914 bits per heavy atom. The van der Waals surface area contributed by atoms with Crippen LogP contribution in [0.3, 0.4) is 0 Å². The third-order valence-electron chi connectivity index (χ3n) is 23.0. The van der Waals surface area contributed by atoms with Crippen molar-refractivity contribution < 1.29 is 106 Å². The fourth-order valence-corrected chi connectivity index (χ4v) is 18.5. The first-order valence-corrected chi connectivity index (χ1v) is 47.4. The zero-order valence-electron chi connectivity index (χ0n) is 74.4. The first kappa shape index (κ1) is 105. The van der Waals surface area contributed by atoms with E-state index in [1.165, 1.54) is 61.1 Å². The summed E-state index contributed by atoms with van der Waals surface area (Å²) in [7, 11) is -8.82. The smallest absolute Gasteiger partial charge is 0.328 e. The molecule has 15 atom stereocenters. The molecule has 2 aromatic heterocycles. The number of aromatic nitrogens is 4. The summed E-state index contributed by atoms with van der Waals surface area (Å²) >= 11 is 0. The molecule has 2 saturated heterocycles. The van der Waals surface area contributed by atoms with Gasteiger partial charge >= 0.3 is 15.2 Å². The Bertz CT molecular complexity index is 4660. The molecule has 36 heteroatoms. The van der Waals surface area contributed by atoms with Crippen LogP contribution in [0, 0.1) is 47.3 Å². The molecule has 8 rings (SSSR count). The number of carbonyl (C=O) groups excluding carboxylic acids is 12. The van der Waals surface area contributed by atoms with E-state index in [0.717, 1.165) is 44.1 Å². The molecule has 700 valence electrons. The minimum Gasteiger partial charge on any atom is -0.394 e. The van der Waals surface area contributed by atoms with E-state index in [2.05, 4.69) is 60.5 Å². The predicted octanol–water partition coefficient (Wildman–Crippen LogP) is 6.62. The molecule has 0 aliphatic carbocycles. The number of H-pyrrole nitrogens is 1. The van der Waals surface area contributed by atoms with E-state index in [0.29, 0.717) is 36.7 Å². The lowest BCUT2D eigenvalue weighted by molar-refractivity contribution is -0.138. The summed E-state index contributed by atoms with van der Waals surface area (Å²) in [5.74, 6) is -14.4. The van der Waals surface area contributed by atoms with Gasteiger partial charge < -0.3 is 91.0 Å². The molecular formula is C92H130N12O22P2. The Labute approximate surface area is 748 Å². The Hall–Kier alpha value is -10.1. The third kappa shape index (κ3) is 35.7. The molecule has 6 aromatic rings. The highest BCUT2D eigenvalue weighted by atomic mass is 31.2. The van der Waals surface area contributed by atoms with E-state index in [4.69, 9.17) is 25.5 Å². The van der Waals surface area contributed by atoms with Crippen LogP contribution in [0.25, 0.3) is 0 Å². The number of amides is 8. The standard InChI is InChI=1S/2C46H65N6O11P/c1-30(2)19-39(50-46(59)41-22-37(25-52(41)32(4)54)62-18-12-11-15-33-13-7-5-8-14-33)42(55)21-35(20-36-24-48-29-49-36)45(58)51-40(26-53)43(56)23-38(44(47)57)31(3)28-64(60,61)63-27-34-16-9-6-10-17-34;1-30(2)19-39(49-46(59)41-22-37(26-52(41)32(4)54)63-18-12-11-15-33-13-7-5-8-14-33)42(55)21-35(20-36-24-48-29-51(36)25-34-16-9-6-10-17-34)45(58)50-40(27-53)43(56)23-38(44(47)57)31(3)28-64(60,61)62/h5-10,13-14,16-17,24,29-31,35,37-41,53H,11-12,15,18-23,25-28H2,1-4H3,(H2,47,57)(H,48,49)(H,50,59)(H,51,58)(H,60,61);5-10,13-14,16-17,24,29-31,35,37-41,53H,11-12,15,18-23,25-28H2,1-4H3,(H2,47,57)(H,49,59)(H,50,58)(H2,60,61,62)/t2*31-,35+,37?,38-,39-,40-,41-/m00/s1. The lowest BCUT2D eigenvalue weighted by atomic mass is 9.87. The van der Waals surface area contributed by atoms with Crippen molar-refractivity contribution >= 4 is 85.6 Å². The molecule has 2 aliphatic heterocycles. The Morgan fingerprint density at radius 1 is 0.508 bits per heavy atom. The molecule has 0 bridgehead atoms. The average molecular weight is 1820 g/mol. The summed E-state index contributed by atoms with van der Waals surface area (Å²) in [6.45, 7) is 13.0. The summed E-state index contributed by atoms with van der Waals surface area (Å²) < 4.78 is 43.9. The number of aliphatic hydroxyl groups excluding tert-OH is 2. The molecule has 8 amide bonds. The number of ketones is 4. The number of Topliss-reactive ketones (excluding diaryl/α,β-unsaturated/α-hetero) is 4. The Morgan fingerprint density at radius 3 is 1.30 bits per heavy atom. The number of likely N-dealkylation sites (tertiary alicyclic amines) is 2. The number of imidazole rings is 2. The lowest BCUT2D eigenvalue weighted by Crippen LogP contribution is -2.52. The number of hydrogen-bond acceptors (Lipinski definition) is 21. The van der Waals surface area contributed by atoms with Crippen LogP contribution >= 0.6 is 15.2 Å². The van der Waals surface area contributed by atoms with E-state index in [-0.39, 0.29) is 101 Å². The number of nitrogens with zero attached hydrogens (tertiary/aromatic N) is 5. The zero-order valence-corrected chi connectivity index (χ0v) is 76.2. The third-order valence-corrected chi connectivity index (χ3v) is 25.6. The largest absolute Gasteiger partial charge is 0.394 e. The van der Waals surface area contributed by atoms with E-state index < -0.39 is 190 Å². The maximum absolute atomic E-state index is 14.4. The number of ether oxygens (including phenoxy) is 2. The molecule has 2 aliphatic rings. The molecule has 14 N–H and O–H groups in total. The van der Waals surface area contributed by atoms with Gasteiger partial charge in [-0.15, -0.1) is 0 Å². The SMILES string of the molecule is CC(=O)N1CC(OCCCCc2ccccc2)C[C@H]1C(=O)N[C@@H](CC(C)C)C(=O)C[C@@H](Cc1cnc[nH]1)C(=O)N[C@@H](CO)C(=O)C[C@H](C(N)=O)[C@@H](C)CP(=O)(O)OCc1ccccc1.CC(=O)N1CC(OCCCCc2ccccc2)C[C@H]1C(=O)N[C@@H](CC(C)C)C(=O)C[C@@H](Cc1cncn1Cc1ccccc1)C(=O)N[C@@H](CO)C(=O)C[C@H](C(N)=O)[C@@H](C)CP(=O)(O)O. The first-order chi connectivity index (χ1) is 60.8. The van der Waals surface area contributed by atoms with E-state index >= 15 is 0 Å². The second-order valence-corrected chi connectivity index (χ2v) is 38.1. The topological polar surface area (TPSA) is 521 Å². The summed E-state index contributed by atoms with van der Waals surface area (Å²) in [5, 5.41) is 31.4. The number of aromatic amines is 1. The highest BCUT2D eigenvalue weighted by Crippen LogP contribution is 2.46. The molecule has 34 nitrogen and oxygen atoms in total. The molecule has 0 radical (unpaired) electrons. The van der Waals surface area contributed by atoms with Gasteiger partial charge in [0.25, 0.3) is 0 Å². The molecule has 4 aromatic carbocycles. The quantitative estimate of drug-likeness (QED) is 0.0141. The summed E-state index contributed by atoms with van der Waals surface area (Å²) in [5.41, 5.74) is 16.3. The van der Waals surface area contributed by atoms with Crippen molar-refractivity contribution in [2.24, 2.45) is 58.8 Å². The number of rotatable bonds is 55. The number of aryl methyl sites for hydroxylation is 2. The maximum atomic E-state index is 14.4. The Balaban J connectivity index is 0.000000351. The van der Waals surface area contributed by atoms with Gasteiger partial charge in [-0.2, -0.15) is 0 Å². The maximum Gasteiger partial charge on any atom is 0.328 e. The van der Waals surface area contributed by atoms with Gasteiger partial charge in [0.1, 0.15) is 24.2 Å². The second-order valence-electron chi connectivity index (χ2n) is 34.5. The van der Waals surface area contributed by atoms with Gasteiger partial charge in [-0.25, -0.2) is 9.97 Å². The van der Waals surface area contributed by atoms with Gasteiger partial charge in [-0.1, -0.05) is 163 Å². The van der Waals surface area contributed by atoms with Crippen LogP contribution in [0.15, 0.2) is 146 Å². The van der Waals surface area contributed by atoms with Crippen molar-refractivity contribution in [2.45, 2.75) is 220 Å². The van der Waals surface area contributed by atoms with Crippen LogP contribution in [0.5, 0.6) is 0 Å². The highest BCUT2D eigenvalue weighted by Gasteiger charge is 2.44. The Kier molecular flexibility index (Phi) is 43.1. The van der Waals surface area contributed by atoms with Crippen LogP contribution in [0.1, 0.15) is 166 Å². The monoisotopic (exact) mass is 1820 g/mol. The predicted molar refractivity (Wildman–Crippen MR) is 476 cm³/mol.